The molecule has 1 aliphatic carbocycles. The molecule has 6 heteroatoms. The first-order chi connectivity index (χ1) is 12.2. The van der Waals surface area contributed by atoms with E-state index in [-0.39, 0.29) is 11.0 Å². The maximum Gasteiger partial charge on any atom is 0.267 e. The summed E-state index contributed by atoms with van der Waals surface area (Å²) in [5, 5.41) is 26.7. The highest BCUT2D eigenvalue weighted by molar-refractivity contribution is 5.69. The topological polar surface area (TPSA) is 92.3 Å². The third-order valence-electron chi connectivity index (χ3n) is 6.16. The van der Waals surface area contributed by atoms with Crippen molar-refractivity contribution in [3.8, 4) is 0 Å². The molecule has 138 valence electrons. The number of nitrogens with zero attached hydrogens (tertiary/aromatic N) is 1. The Morgan fingerprint density at radius 1 is 1.15 bits per heavy atom. The van der Waals surface area contributed by atoms with E-state index in [2.05, 4.69) is 41.1 Å². The molecule has 0 amide bonds. The predicted molar refractivity (Wildman–Crippen MR) is 100 cm³/mol. The molecule has 1 aromatic heterocycles. The van der Waals surface area contributed by atoms with Gasteiger partial charge in [0.2, 0.25) is 0 Å². The van der Waals surface area contributed by atoms with Crippen LogP contribution in [0.5, 0.6) is 0 Å². The number of aliphatic hydroxyl groups is 2. The molecule has 1 aliphatic heterocycles. The molecule has 0 spiro atoms. The largest absolute Gasteiger partial charge is 0.392 e. The Labute approximate surface area is 152 Å². The molecule has 0 bridgehead atoms. The van der Waals surface area contributed by atoms with Gasteiger partial charge in [-0.15, -0.1) is 0 Å². The lowest BCUT2D eigenvalue weighted by atomic mass is 9.65. The average Bonchev–Trinajstić information content (AvgIpc) is 3.03. The van der Waals surface area contributed by atoms with Crippen molar-refractivity contribution >= 4 is 5.69 Å². The standard InChI is InChI=1S/C20H25N3O3/c1-10-15(19(26)22-21-10)16-17(24)11(18(16)25)9-14-20(2,3)12-7-5-6-8-13(12)23(14)4/h5-9,11,16-18,24-25H,1-4H3,(H2,21,22,26)/b14-9+. The lowest BCUT2D eigenvalue weighted by Crippen LogP contribution is -2.54. The summed E-state index contributed by atoms with van der Waals surface area (Å²) >= 11 is 0. The summed E-state index contributed by atoms with van der Waals surface area (Å²) < 4.78 is 0. The number of nitrogens with one attached hydrogen (secondary N) is 2. The van der Waals surface area contributed by atoms with Crippen LogP contribution >= 0.6 is 0 Å². The van der Waals surface area contributed by atoms with Crippen LogP contribution in [0.3, 0.4) is 0 Å². The minimum atomic E-state index is -0.791. The second-order valence-corrected chi connectivity index (χ2v) is 7.96. The number of allylic oxidation sites excluding steroid dienone is 1. The Morgan fingerprint density at radius 2 is 1.81 bits per heavy atom. The van der Waals surface area contributed by atoms with Crippen LogP contribution in [-0.4, -0.2) is 39.7 Å². The highest BCUT2D eigenvalue weighted by Gasteiger charge is 2.52. The lowest BCUT2D eigenvalue weighted by molar-refractivity contribution is -0.0952. The van der Waals surface area contributed by atoms with Crippen molar-refractivity contribution in [2.24, 2.45) is 5.92 Å². The summed E-state index contributed by atoms with van der Waals surface area (Å²) in [5.41, 5.74) is 4.05. The first kappa shape index (κ1) is 17.1. The summed E-state index contributed by atoms with van der Waals surface area (Å²) in [7, 11) is 2.01. The molecule has 0 radical (unpaired) electrons. The van der Waals surface area contributed by atoms with E-state index in [1.165, 1.54) is 5.56 Å². The minimum Gasteiger partial charge on any atom is -0.392 e. The molecular weight excluding hydrogens is 330 g/mol. The normalized spacial score (nSPS) is 31.2. The van der Waals surface area contributed by atoms with Crippen LogP contribution in [0.2, 0.25) is 0 Å². The highest BCUT2D eigenvalue weighted by Crippen LogP contribution is 2.50. The minimum absolute atomic E-state index is 0.211. The SMILES string of the molecule is Cc1[nH][nH]c(=O)c1C1C(O)C(/C=C2/N(C)c3ccccc3C2(C)C)C1O. The molecule has 26 heavy (non-hydrogen) atoms. The first-order valence-electron chi connectivity index (χ1n) is 8.94. The van der Waals surface area contributed by atoms with Gasteiger partial charge in [-0.1, -0.05) is 38.1 Å². The van der Waals surface area contributed by atoms with E-state index in [0.29, 0.717) is 11.3 Å². The number of rotatable bonds is 2. The number of likely N-dealkylation sites (N-methyl/N-ethyl adjacent to an activating group) is 1. The van der Waals surface area contributed by atoms with E-state index in [4.69, 9.17) is 0 Å². The van der Waals surface area contributed by atoms with Gasteiger partial charge in [-0.05, 0) is 18.6 Å². The molecule has 2 heterocycles. The quantitative estimate of drug-likeness (QED) is 0.660. The van der Waals surface area contributed by atoms with Crippen LogP contribution in [0.1, 0.15) is 36.6 Å². The van der Waals surface area contributed by atoms with Gasteiger partial charge in [-0.3, -0.25) is 9.89 Å². The van der Waals surface area contributed by atoms with Gasteiger partial charge in [-0.2, -0.15) is 0 Å². The number of fused-ring (bicyclic) bond motifs is 1. The molecule has 0 saturated heterocycles. The molecule has 1 saturated carbocycles. The first-order valence-corrected chi connectivity index (χ1v) is 8.94. The molecule has 2 aromatic rings. The molecule has 6 nitrogen and oxygen atoms in total. The molecule has 1 fully saturated rings. The number of aryl methyl sites for hydroxylation is 1. The van der Waals surface area contributed by atoms with E-state index in [1.807, 2.05) is 25.3 Å². The van der Waals surface area contributed by atoms with Gasteiger partial charge in [0.25, 0.3) is 5.56 Å². The summed E-state index contributed by atoms with van der Waals surface area (Å²) in [6, 6.07) is 8.24. The average molecular weight is 355 g/mol. The summed E-state index contributed by atoms with van der Waals surface area (Å²) in [4.78, 5) is 14.1. The number of anilines is 1. The predicted octanol–water partition coefficient (Wildman–Crippen LogP) is 1.76. The van der Waals surface area contributed by atoms with Crippen LogP contribution in [0.25, 0.3) is 0 Å². The summed E-state index contributed by atoms with van der Waals surface area (Å²) in [6.07, 6.45) is 0.393. The van der Waals surface area contributed by atoms with Crippen molar-refractivity contribution in [3.63, 3.8) is 0 Å². The number of aromatic amines is 2. The van der Waals surface area contributed by atoms with Crippen LogP contribution in [0.4, 0.5) is 5.69 Å². The summed E-state index contributed by atoms with van der Waals surface area (Å²) in [6.45, 7) is 6.07. The zero-order chi connectivity index (χ0) is 18.8. The Hall–Kier alpha value is -2.31. The summed E-state index contributed by atoms with van der Waals surface area (Å²) in [5.74, 6) is -0.969. The van der Waals surface area contributed by atoms with Crippen molar-refractivity contribution < 1.29 is 10.2 Å². The third kappa shape index (κ3) is 2.15. The molecule has 2 aliphatic rings. The van der Waals surface area contributed by atoms with Crippen molar-refractivity contribution in [1.29, 1.82) is 0 Å². The van der Waals surface area contributed by atoms with Gasteiger partial charge in [0.1, 0.15) is 0 Å². The fourth-order valence-corrected chi connectivity index (χ4v) is 4.62. The number of H-pyrrole nitrogens is 2. The van der Waals surface area contributed by atoms with Crippen molar-refractivity contribution in [3.05, 3.63) is 63.2 Å². The molecule has 4 N–H and O–H groups in total. The van der Waals surface area contributed by atoms with E-state index in [9.17, 15) is 15.0 Å². The Morgan fingerprint density at radius 3 is 2.38 bits per heavy atom. The van der Waals surface area contributed by atoms with Gasteiger partial charge >= 0.3 is 0 Å². The van der Waals surface area contributed by atoms with Gasteiger partial charge in [0.15, 0.2) is 0 Å². The zero-order valence-electron chi connectivity index (χ0n) is 15.4. The highest BCUT2D eigenvalue weighted by atomic mass is 16.3. The zero-order valence-corrected chi connectivity index (χ0v) is 15.4. The Balaban J connectivity index is 1.67. The molecule has 2 unspecified atom stereocenters. The van der Waals surface area contributed by atoms with Crippen molar-refractivity contribution in [2.45, 2.75) is 44.3 Å². The molecular formula is C20H25N3O3. The molecule has 2 atom stereocenters. The van der Waals surface area contributed by atoms with E-state index in [1.54, 1.807) is 6.92 Å². The number of aromatic nitrogens is 2. The number of para-hydroxylation sites is 1. The lowest BCUT2D eigenvalue weighted by Gasteiger charge is -2.45. The number of hydrogen-bond acceptors (Lipinski definition) is 4. The second kappa shape index (κ2) is 5.59. The van der Waals surface area contributed by atoms with E-state index >= 15 is 0 Å². The Kier molecular flexibility index (Phi) is 3.68. The maximum absolute atomic E-state index is 12.0. The molecule has 1 aromatic carbocycles. The van der Waals surface area contributed by atoms with Gasteiger partial charge in [-0.25, -0.2) is 0 Å². The van der Waals surface area contributed by atoms with Gasteiger partial charge in [0.05, 0.1) is 12.2 Å². The van der Waals surface area contributed by atoms with Crippen LogP contribution in [0.15, 0.2) is 40.8 Å². The van der Waals surface area contributed by atoms with Crippen molar-refractivity contribution in [2.75, 3.05) is 11.9 Å². The fourth-order valence-electron chi connectivity index (χ4n) is 4.62. The Bertz CT molecular complexity index is 930. The number of aliphatic hydroxyl groups excluding tert-OH is 2. The fraction of sp³-hybridized carbons (Fsp3) is 0.450. The van der Waals surface area contributed by atoms with Crippen LogP contribution in [-0.2, 0) is 5.41 Å². The van der Waals surface area contributed by atoms with E-state index < -0.39 is 24.0 Å². The second-order valence-electron chi connectivity index (χ2n) is 7.96. The van der Waals surface area contributed by atoms with Crippen LogP contribution in [0, 0.1) is 12.8 Å². The van der Waals surface area contributed by atoms with E-state index in [0.717, 1.165) is 11.4 Å². The number of hydrogen-bond donors (Lipinski definition) is 4. The molecule has 4 rings (SSSR count). The van der Waals surface area contributed by atoms with Gasteiger partial charge < -0.3 is 20.2 Å². The van der Waals surface area contributed by atoms with Crippen LogP contribution < -0.4 is 10.5 Å². The number of benzene rings is 1. The maximum atomic E-state index is 12.0. The monoisotopic (exact) mass is 355 g/mol. The smallest absolute Gasteiger partial charge is 0.267 e. The van der Waals surface area contributed by atoms with Gasteiger partial charge in [0, 0.05) is 46.9 Å². The van der Waals surface area contributed by atoms with Crippen molar-refractivity contribution in [1.82, 2.24) is 10.2 Å². The third-order valence-corrected chi connectivity index (χ3v) is 6.16.